The first-order valence-electron chi connectivity index (χ1n) is 11.9. The molecule has 4 rings (SSSR count). The lowest BCUT2D eigenvalue weighted by molar-refractivity contribution is -0.126. The average molecular weight is 480 g/mol. The zero-order valence-corrected chi connectivity index (χ0v) is 21.1. The average Bonchev–Trinajstić information content (AvgIpc) is 2.86. The van der Waals surface area contributed by atoms with Gasteiger partial charge in [-0.2, -0.15) is 0 Å². The molecule has 0 bridgehead atoms. The zero-order valence-electron chi connectivity index (χ0n) is 21.1. The number of carbonyl (C=O) groups excluding carboxylic acids is 2. The Morgan fingerprint density at radius 2 is 1.83 bits per heavy atom. The predicted octanol–water partition coefficient (Wildman–Crippen LogP) is 3.47. The third kappa shape index (κ3) is 5.26. The molecule has 2 aromatic rings. The number of methoxy groups -OCH3 is 2. The highest BCUT2D eigenvalue weighted by Crippen LogP contribution is 2.32. The van der Waals surface area contributed by atoms with Crippen molar-refractivity contribution < 1.29 is 23.8 Å². The van der Waals surface area contributed by atoms with Gasteiger partial charge in [-0.1, -0.05) is 20.8 Å². The number of rotatable bonds is 5. The number of hydrogen-bond acceptors (Lipinski definition) is 7. The Hall–Kier alpha value is -3.55. The predicted molar refractivity (Wildman–Crippen MR) is 134 cm³/mol. The summed E-state index contributed by atoms with van der Waals surface area (Å²) in [5.74, 6) is 1.61. The summed E-state index contributed by atoms with van der Waals surface area (Å²) in [5, 5.41) is 0. The van der Waals surface area contributed by atoms with E-state index < -0.39 is 0 Å². The molecule has 8 heteroatoms. The second-order valence-corrected chi connectivity index (χ2v) is 9.75. The van der Waals surface area contributed by atoms with Gasteiger partial charge in [-0.3, -0.25) is 4.79 Å². The molecule has 2 aliphatic rings. The topological polar surface area (TPSA) is 81.2 Å². The molecular formula is C27H33N3O5. The highest BCUT2D eigenvalue weighted by atomic mass is 16.5. The van der Waals surface area contributed by atoms with Crippen LogP contribution in [0.3, 0.4) is 0 Å². The third-order valence-corrected chi connectivity index (χ3v) is 6.40. The molecule has 1 amide bonds. The molecule has 0 saturated carbocycles. The van der Waals surface area contributed by atoms with Crippen molar-refractivity contribution in [2.45, 2.75) is 32.6 Å². The summed E-state index contributed by atoms with van der Waals surface area (Å²) in [6.07, 6.45) is 4.02. The van der Waals surface area contributed by atoms with Crippen LogP contribution in [0.25, 0.3) is 6.08 Å². The number of pyridine rings is 1. The molecule has 0 unspecified atom stereocenters. The number of anilines is 1. The first-order valence-corrected chi connectivity index (χ1v) is 11.9. The van der Waals surface area contributed by atoms with Gasteiger partial charge in [-0.25, -0.2) is 9.78 Å². The lowest BCUT2D eigenvalue weighted by Crippen LogP contribution is -2.49. The van der Waals surface area contributed by atoms with E-state index in [-0.39, 0.29) is 17.3 Å². The van der Waals surface area contributed by atoms with Crippen LogP contribution >= 0.6 is 0 Å². The molecule has 3 heterocycles. The minimum atomic E-state index is -0.316. The van der Waals surface area contributed by atoms with Gasteiger partial charge < -0.3 is 24.0 Å². The molecule has 1 saturated heterocycles. The molecule has 1 fully saturated rings. The van der Waals surface area contributed by atoms with E-state index in [9.17, 15) is 9.59 Å². The third-order valence-electron chi connectivity index (χ3n) is 6.40. The van der Waals surface area contributed by atoms with Crippen molar-refractivity contribution in [3.63, 3.8) is 0 Å². The maximum Gasteiger partial charge on any atom is 0.342 e. The van der Waals surface area contributed by atoms with Gasteiger partial charge >= 0.3 is 5.97 Å². The van der Waals surface area contributed by atoms with Crippen LogP contribution < -0.4 is 14.4 Å². The van der Waals surface area contributed by atoms with E-state index in [4.69, 9.17) is 19.2 Å². The number of benzene rings is 1. The van der Waals surface area contributed by atoms with Crippen LogP contribution in [0.15, 0.2) is 30.3 Å². The van der Waals surface area contributed by atoms with Gasteiger partial charge in [0, 0.05) is 61.4 Å². The van der Waals surface area contributed by atoms with E-state index in [2.05, 4.69) is 25.7 Å². The van der Waals surface area contributed by atoms with Crippen molar-refractivity contribution >= 4 is 23.8 Å². The number of carbonyl (C=O) groups is 2. The van der Waals surface area contributed by atoms with Gasteiger partial charge in [0.15, 0.2) is 0 Å². The number of esters is 1. The molecule has 35 heavy (non-hydrogen) atoms. The molecular weight excluding hydrogens is 446 g/mol. The Kier molecular flexibility index (Phi) is 7.00. The van der Waals surface area contributed by atoms with Crippen LogP contribution in [0, 0.1) is 0 Å². The van der Waals surface area contributed by atoms with Gasteiger partial charge in [-0.05, 0) is 29.8 Å². The van der Waals surface area contributed by atoms with Gasteiger partial charge in [0.25, 0.3) is 0 Å². The fraction of sp³-hybridized carbons (Fsp3) is 0.444. The first kappa shape index (κ1) is 24.6. The van der Waals surface area contributed by atoms with Crippen molar-refractivity contribution in [2.75, 3.05) is 51.9 Å². The maximum absolute atomic E-state index is 12.9. The number of ether oxygens (including phenoxy) is 3. The first-order chi connectivity index (χ1) is 16.7. The minimum absolute atomic E-state index is 0.0691. The van der Waals surface area contributed by atoms with Crippen molar-refractivity contribution in [1.82, 2.24) is 9.88 Å². The van der Waals surface area contributed by atoms with E-state index in [1.54, 1.807) is 37.3 Å². The van der Waals surface area contributed by atoms with Crippen molar-refractivity contribution in [3.05, 3.63) is 52.7 Å². The molecule has 0 atom stereocenters. The number of aromatic nitrogens is 1. The largest absolute Gasteiger partial charge is 0.497 e. The summed E-state index contributed by atoms with van der Waals surface area (Å²) < 4.78 is 16.0. The van der Waals surface area contributed by atoms with E-state index in [1.807, 2.05) is 18.2 Å². The molecule has 0 spiro atoms. The second kappa shape index (κ2) is 9.98. The monoisotopic (exact) mass is 479 g/mol. The lowest BCUT2D eigenvalue weighted by Gasteiger charge is -2.37. The zero-order chi connectivity index (χ0) is 25.2. The van der Waals surface area contributed by atoms with Crippen LogP contribution in [0.2, 0.25) is 0 Å². The number of piperazine rings is 1. The molecule has 8 nitrogen and oxygen atoms in total. The Morgan fingerprint density at radius 1 is 1.09 bits per heavy atom. The SMILES string of the molecule is COc1ccc(C=CC(=O)N2CCN(c3nc(C(C)(C)C)cc4c3C(=O)OCC4)CC2)c(OC)c1. The quantitative estimate of drug-likeness (QED) is 0.480. The fourth-order valence-electron chi connectivity index (χ4n) is 4.30. The summed E-state index contributed by atoms with van der Waals surface area (Å²) in [4.78, 5) is 34.3. The highest BCUT2D eigenvalue weighted by molar-refractivity contribution is 5.97. The summed E-state index contributed by atoms with van der Waals surface area (Å²) in [7, 11) is 3.19. The smallest absolute Gasteiger partial charge is 0.342 e. The molecule has 186 valence electrons. The van der Waals surface area contributed by atoms with Gasteiger partial charge in [0.1, 0.15) is 22.9 Å². The maximum atomic E-state index is 12.9. The van der Waals surface area contributed by atoms with Crippen LogP contribution in [0.1, 0.15) is 48.0 Å². The normalized spacial score (nSPS) is 16.2. The molecule has 0 aliphatic carbocycles. The Bertz CT molecular complexity index is 1140. The summed E-state index contributed by atoms with van der Waals surface area (Å²) in [6, 6.07) is 7.51. The van der Waals surface area contributed by atoms with E-state index in [0.717, 1.165) is 16.8 Å². The number of fused-ring (bicyclic) bond motifs is 1. The Balaban J connectivity index is 1.49. The van der Waals surface area contributed by atoms with Crippen LogP contribution in [0.4, 0.5) is 5.82 Å². The minimum Gasteiger partial charge on any atom is -0.497 e. The van der Waals surface area contributed by atoms with Gasteiger partial charge in [0.05, 0.1) is 20.8 Å². The Labute approximate surface area is 206 Å². The molecule has 0 N–H and O–H groups in total. The van der Waals surface area contributed by atoms with Gasteiger partial charge in [0.2, 0.25) is 5.91 Å². The van der Waals surface area contributed by atoms with E-state index in [1.165, 1.54) is 0 Å². The molecule has 1 aromatic heterocycles. The lowest BCUT2D eigenvalue weighted by atomic mass is 9.89. The number of cyclic esters (lactones) is 1. The van der Waals surface area contributed by atoms with E-state index in [0.29, 0.717) is 62.1 Å². The van der Waals surface area contributed by atoms with Crippen molar-refractivity contribution in [2.24, 2.45) is 0 Å². The number of nitrogens with zero attached hydrogens (tertiary/aromatic N) is 3. The number of hydrogen-bond donors (Lipinski definition) is 0. The summed E-state index contributed by atoms with van der Waals surface area (Å²) in [6.45, 7) is 9.00. The summed E-state index contributed by atoms with van der Waals surface area (Å²) in [5.41, 5.74) is 3.17. The molecule has 1 aromatic carbocycles. The molecule has 2 aliphatic heterocycles. The standard InChI is InChI=1S/C27H33N3O5/c1-27(2,3)22-16-19-10-15-35-26(32)24(19)25(28-22)30-13-11-29(12-14-30)23(31)9-7-18-6-8-20(33-4)17-21(18)34-5/h6-9,16-17H,10-15H2,1-5H3. The Morgan fingerprint density at radius 3 is 2.49 bits per heavy atom. The van der Waals surface area contributed by atoms with Gasteiger partial charge in [-0.15, -0.1) is 0 Å². The fourth-order valence-corrected chi connectivity index (χ4v) is 4.30. The molecule has 0 radical (unpaired) electrons. The summed E-state index contributed by atoms with van der Waals surface area (Å²) >= 11 is 0. The van der Waals surface area contributed by atoms with Crippen LogP contribution in [-0.4, -0.2) is 68.8 Å². The van der Waals surface area contributed by atoms with Crippen LogP contribution in [-0.2, 0) is 21.4 Å². The van der Waals surface area contributed by atoms with Crippen molar-refractivity contribution in [3.8, 4) is 11.5 Å². The highest BCUT2D eigenvalue weighted by Gasteiger charge is 2.31. The second-order valence-electron chi connectivity index (χ2n) is 9.75. The van der Waals surface area contributed by atoms with Crippen molar-refractivity contribution in [1.29, 1.82) is 0 Å². The van der Waals surface area contributed by atoms with Crippen LogP contribution in [0.5, 0.6) is 11.5 Å². The number of amides is 1. The van der Waals surface area contributed by atoms with E-state index >= 15 is 0 Å².